The van der Waals surface area contributed by atoms with Crippen LogP contribution in [-0.2, 0) is 29.4 Å². The van der Waals surface area contributed by atoms with Crippen molar-refractivity contribution in [3.8, 4) is 0 Å². The van der Waals surface area contributed by atoms with Crippen LogP contribution in [0.4, 0.5) is 0 Å². The van der Waals surface area contributed by atoms with Crippen LogP contribution in [0, 0.1) is 5.92 Å². The number of likely N-dealkylation sites (N-methyl/N-ethyl adjacent to an activating group) is 1. The highest BCUT2D eigenvalue weighted by molar-refractivity contribution is 5.79. The Morgan fingerprint density at radius 1 is 1.50 bits per heavy atom. The van der Waals surface area contributed by atoms with Crippen molar-refractivity contribution in [3.05, 3.63) is 11.4 Å². The van der Waals surface area contributed by atoms with Crippen LogP contribution in [0.2, 0.25) is 0 Å². The lowest BCUT2D eigenvalue weighted by Gasteiger charge is -2.36. The number of nitrogens with zero attached hydrogens (tertiary/aromatic N) is 4. The monoisotopic (exact) mass is 308 g/mol. The number of amides is 1. The lowest BCUT2D eigenvalue weighted by molar-refractivity contribution is -0.141. The average Bonchev–Trinajstić information content (AvgIpc) is 2.87. The third-order valence-corrected chi connectivity index (χ3v) is 4.87. The number of rotatable bonds is 3. The molecule has 1 aliphatic heterocycles. The molecular formula is C15H24N4O3. The number of aryl methyl sites for hydroxylation is 2. The maximum absolute atomic E-state index is 12.7. The van der Waals surface area contributed by atoms with E-state index in [0.29, 0.717) is 39.0 Å². The summed E-state index contributed by atoms with van der Waals surface area (Å²) in [6, 6.07) is 0. The molecule has 1 atom stereocenters. The second-order valence-electron chi connectivity index (χ2n) is 6.58. The molecule has 1 aliphatic carbocycles. The molecule has 2 aliphatic rings. The first-order valence-corrected chi connectivity index (χ1v) is 7.91. The zero-order valence-corrected chi connectivity index (χ0v) is 13.3. The summed E-state index contributed by atoms with van der Waals surface area (Å²) in [5, 5.41) is 18.7. The van der Waals surface area contributed by atoms with Gasteiger partial charge < -0.3 is 14.7 Å². The Balaban J connectivity index is 1.63. The van der Waals surface area contributed by atoms with Crippen molar-refractivity contribution in [2.24, 2.45) is 13.0 Å². The Morgan fingerprint density at radius 2 is 2.23 bits per heavy atom. The van der Waals surface area contributed by atoms with Crippen molar-refractivity contribution in [2.75, 3.05) is 26.8 Å². The van der Waals surface area contributed by atoms with Gasteiger partial charge in [-0.2, -0.15) is 0 Å². The van der Waals surface area contributed by atoms with Gasteiger partial charge in [-0.25, -0.2) is 0 Å². The summed E-state index contributed by atoms with van der Waals surface area (Å²) in [5.41, 5.74) is 1.26. The third-order valence-electron chi connectivity index (χ3n) is 4.87. The Labute approximate surface area is 130 Å². The van der Waals surface area contributed by atoms with Gasteiger partial charge in [0.05, 0.1) is 17.0 Å². The average molecular weight is 308 g/mol. The van der Waals surface area contributed by atoms with Gasteiger partial charge in [0.1, 0.15) is 0 Å². The number of aliphatic hydroxyl groups is 1. The van der Waals surface area contributed by atoms with Crippen LogP contribution < -0.4 is 0 Å². The van der Waals surface area contributed by atoms with E-state index in [4.69, 9.17) is 4.74 Å². The summed E-state index contributed by atoms with van der Waals surface area (Å²) in [6.07, 6.45) is 3.46. The van der Waals surface area contributed by atoms with Crippen molar-refractivity contribution in [1.29, 1.82) is 0 Å². The van der Waals surface area contributed by atoms with Gasteiger partial charge in [0.2, 0.25) is 5.91 Å². The fourth-order valence-corrected chi connectivity index (χ4v) is 3.46. The van der Waals surface area contributed by atoms with E-state index in [9.17, 15) is 9.90 Å². The first-order chi connectivity index (χ1) is 10.5. The molecule has 1 unspecified atom stereocenters. The van der Waals surface area contributed by atoms with Crippen molar-refractivity contribution in [2.45, 2.75) is 37.7 Å². The molecule has 0 radical (unpaired) electrons. The normalized spacial score (nSPS) is 23.9. The second-order valence-corrected chi connectivity index (χ2v) is 6.58. The maximum atomic E-state index is 12.7. The molecule has 7 nitrogen and oxygen atoms in total. The fourth-order valence-electron chi connectivity index (χ4n) is 3.46. The second kappa shape index (κ2) is 5.96. The molecule has 1 aromatic rings. The van der Waals surface area contributed by atoms with E-state index >= 15 is 0 Å². The van der Waals surface area contributed by atoms with Gasteiger partial charge in [0.15, 0.2) is 0 Å². The molecule has 1 N–H and O–H groups in total. The van der Waals surface area contributed by atoms with E-state index in [1.165, 1.54) is 0 Å². The Hall–Kier alpha value is -1.47. The fraction of sp³-hybridized carbons (Fsp3) is 0.800. The molecule has 2 heterocycles. The molecule has 0 bridgehead atoms. The van der Waals surface area contributed by atoms with Crippen LogP contribution in [-0.4, -0.2) is 63.3 Å². The van der Waals surface area contributed by atoms with Gasteiger partial charge in [0.25, 0.3) is 0 Å². The molecule has 1 amide bonds. The van der Waals surface area contributed by atoms with Gasteiger partial charge in [-0.1, -0.05) is 5.21 Å². The molecule has 7 heteroatoms. The van der Waals surface area contributed by atoms with Gasteiger partial charge >= 0.3 is 0 Å². The van der Waals surface area contributed by atoms with Crippen molar-refractivity contribution < 1.29 is 14.6 Å². The molecule has 122 valence electrons. The summed E-state index contributed by atoms with van der Waals surface area (Å²) < 4.78 is 7.05. The van der Waals surface area contributed by atoms with Crippen LogP contribution in [0.1, 0.15) is 30.7 Å². The van der Waals surface area contributed by atoms with Crippen molar-refractivity contribution in [3.63, 3.8) is 0 Å². The van der Waals surface area contributed by atoms with E-state index in [2.05, 4.69) is 10.3 Å². The summed E-state index contributed by atoms with van der Waals surface area (Å²) in [7, 11) is 3.65. The SMILES string of the molecule is CN(CC1(O)CCOCC1)C(=O)C1CCc2nnn(C)c2C1. The van der Waals surface area contributed by atoms with Crippen molar-refractivity contribution in [1.82, 2.24) is 19.9 Å². The number of aromatic nitrogens is 3. The molecule has 1 aromatic heterocycles. The zero-order chi connectivity index (χ0) is 15.7. The quantitative estimate of drug-likeness (QED) is 0.845. The Kier molecular flexibility index (Phi) is 4.18. The standard InChI is InChI=1S/C15H24N4O3/c1-18(10-15(21)5-7-22-8-6-15)14(20)11-3-4-12-13(9-11)19(2)17-16-12/h11,21H,3-10H2,1-2H3. The Morgan fingerprint density at radius 3 is 2.95 bits per heavy atom. The number of hydrogen-bond acceptors (Lipinski definition) is 5. The van der Waals surface area contributed by atoms with E-state index < -0.39 is 5.60 Å². The number of carbonyl (C=O) groups excluding carboxylic acids is 1. The van der Waals surface area contributed by atoms with Crippen LogP contribution >= 0.6 is 0 Å². The largest absolute Gasteiger partial charge is 0.388 e. The highest BCUT2D eigenvalue weighted by Gasteiger charge is 2.35. The summed E-state index contributed by atoms with van der Waals surface area (Å²) in [6.45, 7) is 1.50. The molecule has 0 aromatic carbocycles. The predicted octanol–water partition coefficient (Wildman–Crippen LogP) is -0.0801. The van der Waals surface area contributed by atoms with Crippen LogP contribution in [0.5, 0.6) is 0 Å². The van der Waals surface area contributed by atoms with E-state index in [1.54, 1.807) is 16.6 Å². The van der Waals surface area contributed by atoms with E-state index in [0.717, 1.165) is 24.2 Å². The minimum atomic E-state index is -0.809. The smallest absolute Gasteiger partial charge is 0.225 e. The maximum Gasteiger partial charge on any atom is 0.225 e. The third kappa shape index (κ3) is 3.01. The summed E-state index contributed by atoms with van der Waals surface area (Å²) in [4.78, 5) is 14.4. The van der Waals surface area contributed by atoms with Crippen molar-refractivity contribution >= 4 is 5.91 Å². The number of fused-ring (bicyclic) bond motifs is 1. The number of hydrogen-bond donors (Lipinski definition) is 1. The highest BCUT2D eigenvalue weighted by Crippen LogP contribution is 2.27. The molecule has 3 rings (SSSR count). The molecule has 22 heavy (non-hydrogen) atoms. The summed E-state index contributed by atoms with van der Waals surface area (Å²) >= 11 is 0. The Bertz CT molecular complexity index is 551. The first-order valence-electron chi connectivity index (χ1n) is 7.91. The predicted molar refractivity (Wildman–Crippen MR) is 79.2 cm³/mol. The minimum Gasteiger partial charge on any atom is -0.388 e. The lowest BCUT2D eigenvalue weighted by Crippen LogP contribution is -2.49. The first kappa shape index (κ1) is 15.4. The summed E-state index contributed by atoms with van der Waals surface area (Å²) in [5.74, 6) is 0.0601. The number of carbonyl (C=O) groups is 1. The lowest BCUT2D eigenvalue weighted by atomic mass is 9.87. The van der Waals surface area contributed by atoms with Gasteiger partial charge in [-0.3, -0.25) is 9.48 Å². The minimum absolute atomic E-state index is 0.0434. The van der Waals surface area contributed by atoms with Crippen LogP contribution in [0.15, 0.2) is 0 Å². The van der Waals surface area contributed by atoms with Gasteiger partial charge in [-0.05, 0) is 12.8 Å². The molecule has 0 saturated carbocycles. The zero-order valence-electron chi connectivity index (χ0n) is 13.3. The molecule has 0 spiro atoms. The van der Waals surface area contributed by atoms with Crippen LogP contribution in [0.25, 0.3) is 0 Å². The van der Waals surface area contributed by atoms with Gasteiger partial charge in [0, 0.05) is 59.0 Å². The van der Waals surface area contributed by atoms with Gasteiger partial charge in [-0.15, -0.1) is 5.10 Å². The highest BCUT2D eigenvalue weighted by atomic mass is 16.5. The number of ether oxygens (including phenoxy) is 1. The molecule has 1 fully saturated rings. The van der Waals surface area contributed by atoms with E-state index in [-0.39, 0.29) is 11.8 Å². The molecular weight excluding hydrogens is 284 g/mol. The van der Waals surface area contributed by atoms with Crippen LogP contribution in [0.3, 0.4) is 0 Å². The van der Waals surface area contributed by atoms with E-state index in [1.807, 2.05) is 7.05 Å². The topological polar surface area (TPSA) is 80.5 Å². The molecule has 1 saturated heterocycles.